The van der Waals surface area contributed by atoms with Gasteiger partial charge >= 0.3 is 12.6 Å². The summed E-state index contributed by atoms with van der Waals surface area (Å²) in [5.41, 5.74) is 0.535. The molecule has 17 heteroatoms. The van der Waals surface area contributed by atoms with Gasteiger partial charge in [-0.3, -0.25) is 15.0 Å². The Bertz CT molecular complexity index is 1920. The number of alkyl halides is 2. The first kappa shape index (κ1) is 37.7. The number of carbonyl (C=O) groups excluding carboxylic acids is 1. The van der Waals surface area contributed by atoms with Crippen LogP contribution in [0.15, 0.2) is 59.9 Å². The Kier molecular flexibility index (Phi) is 10.3. The van der Waals surface area contributed by atoms with Crippen LogP contribution in [0.4, 0.5) is 13.6 Å². The van der Waals surface area contributed by atoms with Gasteiger partial charge in [0.25, 0.3) is 5.91 Å². The molecule has 0 radical (unpaired) electrons. The normalized spacial score (nSPS) is 17.6. The summed E-state index contributed by atoms with van der Waals surface area (Å²) in [5.74, 6) is -0.407. The zero-order chi connectivity index (χ0) is 37.5. The van der Waals surface area contributed by atoms with E-state index in [-0.39, 0.29) is 29.8 Å². The smallest absolute Gasteiger partial charge is 0.411 e. The van der Waals surface area contributed by atoms with Crippen LogP contribution in [0, 0.1) is 5.41 Å². The molecule has 13 nitrogen and oxygen atoms in total. The number of aliphatic imine (C=N–C) groups is 1. The predicted molar refractivity (Wildman–Crippen MR) is 191 cm³/mol. The number of aromatic amines is 1. The number of H-pyrrole nitrogens is 1. The zero-order valence-corrected chi connectivity index (χ0v) is 31.5. The van der Waals surface area contributed by atoms with Crippen molar-refractivity contribution in [1.29, 1.82) is 0 Å². The van der Waals surface area contributed by atoms with Gasteiger partial charge in [0, 0.05) is 17.3 Å². The van der Waals surface area contributed by atoms with E-state index < -0.39 is 43.9 Å². The third kappa shape index (κ3) is 7.87. The van der Waals surface area contributed by atoms with Gasteiger partial charge in [-0.05, 0) is 64.0 Å². The first-order chi connectivity index (χ1) is 23.7. The second-order valence-corrected chi connectivity index (χ2v) is 20.5. The highest BCUT2D eigenvalue weighted by atomic mass is 35.5. The van der Waals surface area contributed by atoms with Crippen molar-refractivity contribution in [3.8, 4) is 22.5 Å². The first-order valence-corrected chi connectivity index (χ1v) is 19.5. The summed E-state index contributed by atoms with van der Waals surface area (Å²) >= 11 is 6.58. The molecule has 2 aromatic carbocycles. The zero-order valence-electron chi connectivity index (χ0n) is 29.7. The van der Waals surface area contributed by atoms with Gasteiger partial charge in [0.2, 0.25) is 11.8 Å². The average molecular weight is 742 g/mol. The Morgan fingerprint density at radius 3 is 2.33 bits per heavy atom. The number of rotatable bonds is 10. The number of halogens is 3. The van der Waals surface area contributed by atoms with E-state index in [1.807, 2.05) is 20.8 Å². The molecule has 51 heavy (non-hydrogen) atoms. The molecule has 2 atom stereocenters. The molecule has 0 fully saturated rings. The van der Waals surface area contributed by atoms with Crippen molar-refractivity contribution >= 4 is 37.9 Å². The Hall–Kier alpha value is -4.54. The van der Waals surface area contributed by atoms with Crippen LogP contribution in [-0.4, -0.2) is 73.3 Å². The van der Waals surface area contributed by atoms with Gasteiger partial charge in [-0.1, -0.05) is 83.5 Å². The maximum atomic E-state index is 15.2. The van der Waals surface area contributed by atoms with Crippen LogP contribution in [0.25, 0.3) is 22.5 Å². The summed E-state index contributed by atoms with van der Waals surface area (Å²) in [5, 5.41) is 30.5. The fourth-order valence-corrected chi connectivity index (χ4v) is 6.99. The van der Waals surface area contributed by atoms with Crippen LogP contribution in [0.1, 0.15) is 71.7 Å². The quantitative estimate of drug-likeness (QED) is 0.140. The number of hydrogen-bond acceptors (Lipinski definition) is 8. The van der Waals surface area contributed by atoms with Gasteiger partial charge in [-0.15, -0.1) is 10.2 Å². The molecule has 3 N–H and O–H groups in total. The van der Waals surface area contributed by atoms with Crippen molar-refractivity contribution in [2.75, 3.05) is 6.61 Å². The van der Waals surface area contributed by atoms with E-state index in [2.05, 4.69) is 64.9 Å². The summed E-state index contributed by atoms with van der Waals surface area (Å²) < 4.78 is 33.7. The number of hydrogen-bond donors (Lipinski definition) is 3. The monoisotopic (exact) mass is 741 g/mol. The molecule has 2 aromatic heterocycles. The highest BCUT2D eigenvalue weighted by Gasteiger charge is 2.54. The molecule has 0 saturated carbocycles. The molecule has 1 aliphatic rings. The third-order valence-corrected chi connectivity index (χ3v) is 14.1. The summed E-state index contributed by atoms with van der Waals surface area (Å²) in [6.45, 7) is 13.6. The van der Waals surface area contributed by atoms with Crippen molar-refractivity contribution in [3.63, 3.8) is 0 Å². The highest BCUT2D eigenvalue weighted by Crippen LogP contribution is 2.46. The van der Waals surface area contributed by atoms with Crippen molar-refractivity contribution in [1.82, 2.24) is 40.6 Å². The van der Waals surface area contributed by atoms with E-state index in [9.17, 15) is 18.7 Å². The predicted octanol–water partition coefficient (Wildman–Crippen LogP) is 7.64. The lowest BCUT2D eigenvalue weighted by Gasteiger charge is -2.39. The van der Waals surface area contributed by atoms with Gasteiger partial charge in [0.05, 0.1) is 23.9 Å². The standard InChI is InChI=1S/C34H42ClF2N9O4Si/c1-32(2,3)19-34(23-12-9-20(10-13-23)22-16-38-45(17-22)29(36)37)28(47)46(30(40-34)39-31(48)49)26(18-50-51(7,8)33(4,5)6)21-11-14-25(35)24(15-21)27-41-43-44-42-27/h9-17,26,29H,18-19H2,1-8H3,(H,39,40)(H,48,49)(H,41,42,43,44)/t26-,34?/m1/s1. The number of carboxylic acid groups (broad SMARTS) is 1. The van der Waals surface area contributed by atoms with Crippen molar-refractivity contribution in [3.05, 3.63) is 71.0 Å². The maximum absolute atomic E-state index is 15.2. The Morgan fingerprint density at radius 2 is 1.78 bits per heavy atom. The van der Waals surface area contributed by atoms with Crippen LogP contribution in [0.3, 0.4) is 0 Å². The number of nitrogens with zero attached hydrogens (tertiary/aromatic N) is 7. The van der Waals surface area contributed by atoms with Crippen molar-refractivity contribution in [2.45, 2.75) is 84.2 Å². The van der Waals surface area contributed by atoms with Gasteiger partial charge in [0.15, 0.2) is 13.9 Å². The number of aromatic nitrogens is 6. The summed E-state index contributed by atoms with van der Waals surface area (Å²) in [6, 6.07) is 11.1. The minimum absolute atomic E-state index is 0.00846. The third-order valence-electron chi connectivity index (χ3n) is 9.28. The van der Waals surface area contributed by atoms with Crippen molar-refractivity contribution < 1.29 is 27.9 Å². The van der Waals surface area contributed by atoms with Crippen LogP contribution in [-0.2, 0) is 14.8 Å². The molecule has 1 aliphatic heterocycles. The molecule has 0 saturated heterocycles. The van der Waals surface area contributed by atoms with E-state index in [0.29, 0.717) is 37.5 Å². The second kappa shape index (κ2) is 13.9. The average Bonchev–Trinajstić information content (AvgIpc) is 3.79. The largest absolute Gasteiger partial charge is 0.465 e. The topological polar surface area (TPSA) is 164 Å². The fraction of sp³-hybridized carbons (Fsp3) is 0.441. The van der Waals surface area contributed by atoms with Crippen LogP contribution < -0.4 is 5.32 Å². The van der Waals surface area contributed by atoms with Gasteiger partial charge in [-0.2, -0.15) is 19.1 Å². The van der Waals surface area contributed by atoms with E-state index in [0.717, 1.165) is 0 Å². The number of tetrazole rings is 1. The number of nitrogens with one attached hydrogen (secondary N) is 2. The van der Waals surface area contributed by atoms with Crippen molar-refractivity contribution in [2.24, 2.45) is 10.4 Å². The van der Waals surface area contributed by atoms with E-state index in [1.54, 1.807) is 42.5 Å². The molecule has 4 aromatic rings. The van der Waals surface area contributed by atoms with Gasteiger partial charge in [0.1, 0.15) is 0 Å². The molecule has 3 heterocycles. The van der Waals surface area contributed by atoms with E-state index in [4.69, 9.17) is 21.0 Å². The maximum Gasteiger partial charge on any atom is 0.411 e. The van der Waals surface area contributed by atoms with Crippen LogP contribution in [0.5, 0.6) is 0 Å². The molecular weight excluding hydrogens is 700 g/mol. The number of benzene rings is 2. The molecular formula is C34H42ClF2N9O4Si. The minimum atomic E-state index is -2.79. The summed E-state index contributed by atoms with van der Waals surface area (Å²) in [4.78, 5) is 33.8. The van der Waals surface area contributed by atoms with E-state index >= 15 is 4.79 Å². The summed E-state index contributed by atoms with van der Waals surface area (Å²) in [6.07, 6.45) is 1.37. The number of guanidine groups is 1. The molecule has 1 unspecified atom stereocenters. The highest BCUT2D eigenvalue weighted by molar-refractivity contribution is 6.74. The lowest BCUT2D eigenvalue weighted by atomic mass is 9.75. The van der Waals surface area contributed by atoms with E-state index in [1.165, 1.54) is 17.3 Å². The second-order valence-electron chi connectivity index (χ2n) is 15.3. The SMILES string of the molecule is CC(C)(C)CC1(c2ccc(-c3cnn(C(F)F)c3)cc2)N=C(NC(=O)O)N([C@H](CO[Si](C)(C)C(C)(C)C)c2ccc(Cl)c(-c3nn[nH]n3)c2)C1=O. The lowest BCUT2D eigenvalue weighted by Crippen LogP contribution is -2.51. The molecule has 0 bridgehead atoms. The molecule has 272 valence electrons. The fourth-order valence-electron chi connectivity index (χ4n) is 5.78. The molecule has 5 rings (SSSR count). The Balaban J connectivity index is 1.66. The number of carbonyl (C=O) groups is 2. The summed E-state index contributed by atoms with van der Waals surface area (Å²) in [7, 11) is -2.42. The van der Waals surface area contributed by atoms with Crippen LogP contribution >= 0.6 is 11.6 Å². The lowest BCUT2D eigenvalue weighted by molar-refractivity contribution is -0.135. The number of amides is 2. The first-order valence-electron chi connectivity index (χ1n) is 16.3. The van der Waals surface area contributed by atoms with Gasteiger partial charge < -0.3 is 9.53 Å². The Morgan fingerprint density at radius 1 is 1.10 bits per heavy atom. The minimum Gasteiger partial charge on any atom is -0.465 e. The van der Waals surface area contributed by atoms with Gasteiger partial charge in [-0.25, -0.2) is 14.5 Å². The Labute approximate surface area is 300 Å². The van der Waals surface area contributed by atoms with Crippen LogP contribution in [0.2, 0.25) is 23.2 Å². The molecule has 0 aliphatic carbocycles. The molecule has 2 amide bonds. The molecule has 0 spiro atoms.